The summed E-state index contributed by atoms with van der Waals surface area (Å²) in [5.74, 6) is -1.57. The van der Waals surface area contributed by atoms with Crippen molar-refractivity contribution >= 4 is 29.0 Å². The molecule has 7 nitrogen and oxygen atoms in total. The fourth-order valence-electron chi connectivity index (χ4n) is 2.68. The van der Waals surface area contributed by atoms with E-state index in [4.69, 9.17) is 4.74 Å². The number of nitro benzene ring substituents is 1. The van der Waals surface area contributed by atoms with Gasteiger partial charge in [-0.3, -0.25) is 14.9 Å². The van der Waals surface area contributed by atoms with Gasteiger partial charge >= 0.3 is 6.61 Å². The first-order valence-corrected chi connectivity index (χ1v) is 9.75. The zero-order valence-electron chi connectivity index (χ0n) is 16.4. The van der Waals surface area contributed by atoms with Crippen LogP contribution in [0.5, 0.6) is 11.5 Å². The van der Waals surface area contributed by atoms with Crippen LogP contribution in [0.3, 0.4) is 0 Å². The zero-order chi connectivity index (χ0) is 23.3. The molecular formula is C21H15F3N2O5S. The van der Waals surface area contributed by atoms with Gasteiger partial charge in [-0.2, -0.15) is 8.78 Å². The number of nitrogens with one attached hydrogen (secondary N) is 1. The molecule has 0 aliphatic heterocycles. The number of ether oxygens (including phenoxy) is 2. The van der Waals surface area contributed by atoms with Gasteiger partial charge in [0.15, 0.2) is 11.5 Å². The lowest BCUT2D eigenvalue weighted by atomic mass is 10.1. The summed E-state index contributed by atoms with van der Waals surface area (Å²) in [6.45, 7) is -3.12. The number of amides is 1. The highest BCUT2D eigenvalue weighted by molar-refractivity contribution is 7.99. The Labute approximate surface area is 184 Å². The molecule has 0 fully saturated rings. The number of rotatable bonds is 8. The fourth-order valence-corrected chi connectivity index (χ4v) is 3.63. The highest BCUT2D eigenvalue weighted by Gasteiger charge is 2.20. The van der Waals surface area contributed by atoms with Gasteiger partial charge in [-0.25, -0.2) is 4.39 Å². The van der Waals surface area contributed by atoms with Crippen molar-refractivity contribution in [3.8, 4) is 11.5 Å². The van der Waals surface area contributed by atoms with Crippen LogP contribution in [-0.4, -0.2) is 24.6 Å². The van der Waals surface area contributed by atoms with Crippen LogP contribution in [0, 0.1) is 15.9 Å². The Morgan fingerprint density at radius 3 is 2.47 bits per heavy atom. The van der Waals surface area contributed by atoms with E-state index in [1.54, 1.807) is 6.07 Å². The number of nitro groups is 1. The Morgan fingerprint density at radius 2 is 1.81 bits per heavy atom. The minimum absolute atomic E-state index is 0.0226. The van der Waals surface area contributed by atoms with Crippen molar-refractivity contribution in [1.82, 2.24) is 0 Å². The second-order valence-corrected chi connectivity index (χ2v) is 7.25. The summed E-state index contributed by atoms with van der Waals surface area (Å²) in [6.07, 6.45) is 0. The van der Waals surface area contributed by atoms with E-state index < -0.39 is 23.3 Å². The summed E-state index contributed by atoms with van der Waals surface area (Å²) in [7, 11) is 1.27. The SMILES string of the molecule is COc1ccc(NC(=O)c2cc([N+](=O)[O-])ccc2Sc2ccccc2F)cc1OC(F)F. The molecule has 1 N–H and O–H groups in total. The van der Waals surface area contributed by atoms with Gasteiger partial charge in [-0.05, 0) is 30.3 Å². The first-order valence-electron chi connectivity index (χ1n) is 8.93. The standard InChI is InChI=1S/C21H15F3N2O5S/c1-30-16-8-6-12(10-17(16)31-21(23)24)25-20(27)14-11-13(26(28)29)7-9-18(14)32-19-5-3-2-4-15(19)22/h2-11,21H,1H3,(H,25,27). The first-order chi connectivity index (χ1) is 15.3. The predicted molar refractivity (Wildman–Crippen MR) is 111 cm³/mol. The van der Waals surface area contributed by atoms with Crippen LogP contribution in [-0.2, 0) is 0 Å². The molecule has 0 radical (unpaired) electrons. The molecule has 0 unspecified atom stereocenters. The third-order valence-electron chi connectivity index (χ3n) is 4.11. The maximum absolute atomic E-state index is 14.1. The van der Waals surface area contributed by atoms with Crippen LogP contribution in [0.4, 0.5) is 24.5 Å². The van der Waals surface area contributed by atoms with Gasteiger partial charge in [-0.15, -0.1) is 0 Å². The van der Waals surface area contributed by atoms with Gasteiger partial charge < -0.3 is 14.8 Å². The van der Waals surface area contributed by atoms with Crippen molar-refractivity contribution in [2.45, 2.75) is 16.4 Å². The normalized spacial score (nSPS) is 10.7. The third-order valence-corrected chi connectivity index (χ3v) is 5.24. The lowest BCUT2D eigenvalue weighted by Crippen LogP contribution is -2.14. The third kappa shape index (κ3) is 5.49. The molecule has 0 heterocycles. The van der Waals surface area contributed by atoms with Gasteiger partial charge in [0.25, 0.3) is 11.6 Å². The molecule has 3 aromatic rings. The van der Waals surface area contributed by atoms with E-state index in [2.05, 4.69) is 10.1 Å². The van der Waals surface area contributed by atoms with Gasteiger partial charge in [0.2, 0.25) is 0 Å². The number of hydrogen-bond acceptors (Lipinski definition) is 6. The van der Waals surface area contributed by atoms with Crippen molar-refractivity contribution in [3.05, 3.63) is 82.2 Å². The minimum Gasteiger partial charge on any atom is -0.493 e. The molecule has 0 bridgehead atoms. The van der Waals surface area contributed by atoms with E-state index in [9.17, 15) is 28.1 Å². The first kappa shape index (κ1) is 22.9. The molecule has 0 saturated heterocycles. The number of halogens is 3. The predicted octanol–water partition coefficient (Wildman–Crippen LogP) is 5.75. The second kappa shape index (κ2) is 10.1. The van der Waals surface area contributed by atoms with Crippen molar-refractivity contribution in [2.24, 2.45) is 0 Å². The van der Waals surface area contributed by atoms with Crippen LogP contribution >= 0.6 is 11.8 Å². The molecule has 0 aromatic heterocycles. The molecular weight excluding hydrogens is 449 g/mol. The monoisotopic (exact) mass is 464 g/mol. The quantitative estimate of drug-likeness (QED) is 0.337. The Bertz CT molecular complexity index is 1160. The summed E-state index contributed by atoms with van der Waals surface area (Å²) in [5, 5.41) is 13.7. The van der Waals surface area contributed by atoms with Crippen LogP contribution in [0.1, 0.15) is 10.4 Å². The second-order valence-electron chi connectivity index (χ2n) is 6.17. The average molecular weight is 464 g/mol. The summed E-state index contributed by atoms with van der Waals surface area (Å²) >= 11 is 0.915. The molecule has 166 valence electrons. The molecule has 0 atom stereocenters. The molecule has 3 aromatic carbocycles. The minimum atomic E-state index is -3.12. The molecule has 11 heteroatoms. The molecule has 1 amide bonds. The van der Waals surface area contributed by atoms with Crippen molar-refractivity contribution < 1.29 is 32.4 Å². The summed E-state index contributed by atoms with van der Waals surface area (Å²) in [4.78, 5) is 23.9. The number of carbonyl (C=O) groups is 1. The van der Waals surface area contributed by atoms with Crippen LogP contribution in [0.2, 0.25) is 0 Å². The highest BCUT2D eigenvalue weighted by atomic mass is 32.2. The number of benzene rings is 3. The molecule has 32 heavy (non-hydrogen) atoms. The number of carbonyl (C=O) groups excluding carboxylic acids is 1. The Hall–Kier alpha value is -3.73. The summed E-state index contributed by atoms with van der Waals surface area (Å²) in [5.41, 5.74) is -0.358. The van der Waals surface area contributed by atoms with E-state index in [0.29, 0.717) is 0 Å². The van der Waals surface area contributed by atoms with Crippen molar-refractivity contribution in [2.75, 3.05) is 12.4 Å². The lowest BCUT2D eigenvalue weighted by molar-refractivity contribution is -0.384. The van der Waals surface area contributed by atoms with E-state index in [1.165, 1.54) is 49.6 Å². The molecule has 0 aliphatic rings. The van der Waals surface area contributed by atoms with Gasteiger partial charge in [0.1, 0.15) is 5.82 Å². The Kier molecular flexibility index (Phi) is 7.21. The van der Waals surface area contributed by atoms with Gasteiger partial charge in [-0.1, -0.05) is 23.9 Å². The molecule has 0 aliphatic carbocycles. The summed E-state index contributed by atoms with van der Waals surface area (Å²) < 4.78 is 48.7. The van der Waals surface area contributed by atoms with Crippen LogP contribution in [0.25, 0.3) is 0 Å². The number of alkyl halides is 2. The van der Waals surface area contributed by atoms with E-state index >= 15 is 0 Å². The largest absolute Gasteiger partial charge is 0.493 e. The van der Waals surface area contributed by atoms with Gasteiger partial charge in [0, 0.05) is 33.7 Å². The Morgan fingerprint density at radius 1 is 1.06 bits per heavy atom. The lowest BCUT2D eigenvalue weighted by Gasteiger charge is -2.13. The number of methoxy groups -OCH3 is 1. The van der Waals surface area contributed by atoms with Gasteiger partial charge in [0.05, 0.1) is 17.6 Å². The topological polar surface area (TPSA) is 90.7 Å². The van der Waals surface area contributed by atoms with E-state index in [1.807, 2.05) is 0 Å². The number of anilines is 1. The maximum atomic E-state index is 14.1. The number of nitrogens with zero attached hydrogens (tertiary/aromatic N) is 1. The fraction of sp³-hybridized carbons (Fsp3) is 0.0952. The highest BCUT2D eigenvalue weighted by Crippen LogP contribution is 2.35. The van der Waals surface area contributed by atoms with Crippen molar-refractivity contribution in [3.63, 3.8) is 0 Å². The Balaban J connectivity index is 1.95. The average Bonchev–Trinajstić information content (AvgIpc) is 2.75. The van der Waals surface area contributed by atoms with E-state index in [-0.39, 0.29) is 38.2 Å². The van der Waals surface area contributed by atoms with Crippen molar-refractivity contribution in [1.29, 1.82) is 0 Å². The summed E-state index contributed by atoms with van der Waals surface area (Å²) in [6, 6.07) is 13.3. The molecule has 3 rings (SSSR count). The molecule has 0 saturated carbocycles. The van der Waals surface area contributed by atoms with E-state index in [0.717, 1.165) is 23.9 Å². The maximum Gasteiger partial charge on any atom is 0.387 e. The number of hydrogen-bond donors (Lipinski definition) is 1. The van der Waals surface area contributed by atoms with Crippen LogP contribution in [0.15, 0.2) is 70.5 Å². The van der Waals surface area contributed by atoms with Crippen LogP contribution < -0.4 is 14.8 Å². The zero-order valence-corrected chi connectivity index (χ0v) is 17.2. The number of non-ortho nitro benzene ring substituents is 1. The molecule has 0 spiro atoms. The smallest absolute Gasteiger partial charge is 0.387 e.